The second-order valence-electron chi connectivity index (χ2n) is 8.06. The van der Waals surface area contributed by atoms with Crippen molar-refractivity contribution >= 4 is 57.5 Å². The number of esters is 1. The van der Waals surface area contributed by atoms with Crippen molar-refractivity contribution in [3.05, 3.63) is 58.6 Å². The average Bonchev–Trinajstić information content (AvgIpc) is 3.51. The van der Waals surface area contributed by atoms with Crippen LogP contribution in [0.4, 0.5) is 10.5 Å². The molecule has 3 aromatic rings. The molecule has 1 fully saturated rings. The highest BCUT2D eigenvalue weighted by Crippen LogP contribution is 2.36. The lowest BCUT2D eigenvalue weighted by Crippen LogP contribution is -2.34. The van der Waals surface area contributed by atoms with E-state index in [1.807, 2.05) is 35.8 Å². The number of hydrogen-bond donors (Lipinski definition) is 1. The van der Waals surface area contributed by atoms with Crippen LogP contribution in [0.2, 0.25) is 0 Å². The molecule has 0 unspecified atom stereocenters. The van der Waals surface area contributed by atoms with Crippen LogP contribution in [0.5, 0.6) is 11.5 Å². The van der Waals surface area contributed by atoms with Gasteiger partial charge >= 0.3 is 5.97 Å². The fraction of sp³-hybridized carbons (Fsp3) is 0.200. The summed E-state index contributed by atoms with van der Waals surface area (Å²) in [5.41, 5.74) is 2.84. The molecule has 2 aliphatic heterocycles. The zero-order valence-electron chi connectivity index (χ0n) is 19.4. The molecule has 1 saturated heterocycles. The van der Waals surface area contributed by atoms with E-state index in [1.165, 1.54) is 7.11 Å². The van der Waals surface area contributed by atoms with Gasteiger partial charge in [0.25, 0.3) is 11.1 Å². The van der Waals surface area contributed by atoms with Gasteiger partial charge in [0.15, 0.2) is 11.5 Å². The first kappa shape index (κ1) is 23.5. The standard InChI is InChI=1S/C25H21N3O7S/c1-14-17(10-21-24(31)28(25(32)36-21)12-23(30)33-2)16-5-3-4-6-18(16)27(14)11-22(29)26-15-7-8-19-20(9-15)35-13-34-19/h3-10H,11-13H2,1-2H3,(H,26,29)/b21-10-. The van der Waals surface area contributed by atoms with Gasteiger partial charge in [0.1, 0.15) is 13.1 Å². The van der Waals surface area contributed by atoms with Crippen molar-refractivity contribution in [2.75, 3.05) is 25.8 Å². The Labute approximate surface area is 209 Å². The van der Waals surface area contributed by atoms with Crippen LogP contribution in [0.15, 0.2) is 47.4 Å². The predicted molar refractivity (Wildman–Crippen MR) is 133 cm³/mol. The number of nitrogens with one attached hydrogen (secondary N) is 1. The van der Waals surface area contributed by atoms with Crippen molar-refractivity contribution in [3.63, 3.8) is 0 Å². The monoisotopic (exact) mass is 507 g/mol. The lowest BCUT2D eigenvalue weighted by atomic mass is 10.1. The van der Waals surface area contributed by atoms with Gasteiger partial charge in [0.2, 0.25) is 12.7 Å². The summed E-state index contributed by atoms with van der Waals surface area (Å²) in [6.07, 6.45) is 1.63. The van der Waals surface area contributed by atoms with Crippen molar-refractivity contribution in [2.45, 2.75) is 13.5 Å². The number of ether oxygens (including phenoxy) is 3. The molecule has 0 saturated carbocycles. The number of methoxy groups -OCH3 is 1. The maximum atomic E-state index is 12.9. The van der Waals surface area contributed by atoms with Gasteiger partial charge in [0, 0.05) is 33.9 Å². The zero-order valence-corrected chi connectivity index (χ0v) is 20.2. The van der Waals surface area contributed by atoms with E-state index in [-0.39, 0.29) is 24.2 Å². The number of fused-ring (bicyclic) bond motifs is 2. The summed E-state index contributed by atoms with van der Waals surface area (Å²) in [7, 11) is 1.19. The van der Waals surface area contributed by atoms with Gasteiger partial charge in [-0.2, -0.15) is 0 Å². The number of carbonyl (C=O) groups is 4. The van der Waals surface area contributed by atoms with Crippen LogP contribution in [0.3, 0.4) is 0 Å². The number of aromatic nitrogens is 1. The van der Waals surface area contributed by atoms with Crippen LogP contribution < -0.4 is 14.8 Å². The van der Waals surface area contributed by atoms with E-state index in [9.17, 15) is 19.2 Å². The van der Waals surface area contributed by atoms with Crippen molar-refractivity contribution in [2.24, 2.45) is 0 Å². The van der Waals surface area contributed by atoms with E-state index in [4.69, 9.17) is 9.47 Å². The largest absolute Gasteiger partial charge is 0.468 e. The number of anilines is 1. The topological polar surface area (TPSA) is 116 Å². The van der Waals surface area contributed by atoms with Gasteiger partial charge in [-0.25, -0.2) is 0 Å². The highest BCUT2D eigenvalue weighted by Gasteiger charge is 2.37. The molecule has 3 heterocycles. The van der Waals surface area contributed by atoms with E-state index in [0.717, 1.165) is 33.3 Å². The van der Waals surface area contributed by atoms with Gasteiger partial charge in [-0.05, 0) is 43.0 Å². The Bertz CT molecular complexity index is 1460. The lowest BCUT2D eigenvalue weighted by molar-refractivity contribution is -0.143. The van der Waals surface area contributed by atoms with Crippen LogP contribution in [0.1, 0.15) is 11.3 Å². The number of benzene rings is 2. The molecule has 36 heavy (non-hydrogen) atoms. The first-order valence-electron chi connectivity index (χ1n) is 10.9. The second kappa shape index (κ2) is 9.42. The van der Waals surface area contributed by atoms with Crippen molar-refractivity contribution in [1.82, 2.24) is 9.47 Å². The Hall–Kier alpha value is -4.25. The Morgan fingerprint density at radius 3 is 2.69 bits per heavy atom. The lowest BCUT2D eigenvalue weighted by Gasteiger charge is -2.10. The van der Waals surface area contributed by atoms with Gasteiger partial charge in [0.05, 0.1) is 12.0 Å². The third-order valence-corrected chi connectivity index (χ3v) is 6.81. The highest BCUT2D eigenvalue weighted by molar-refractivity contribution is 8.18. The highest BCUT2D eigenvalue weighted by atomic mass is 32.2. The summed E-state index contributed by atoms with van der Waals surface area (Å²) >= 11 is 0.761. The molecule has 1 aromatic heterocycles. The van der Waals surface area contributed by atoms with Crippen molar-refractivity contribution in [3.8, 4) is 11.5 Å². The number of thioether (sulfide) groups is 1. The number of para-hydroxylation sites is 1. The number of hydrogen-bond acceptors (Lipinski definition) is 8. The van der Waals surface area contributed by atoms with Gasteiger partial charge in [-0.1, -0.05) is 18.2 Å². The smallest absolute Gasteiger partial charge is 0.325 e. The maximum Gasteiger partial charge on any atom is 0.325 e. The number of rotatable bonds is 6. The molecule has 184 valence electrons. The Kier molecular flexibility index (Phi) is 6.15. The van der Waals surface area contributed by atoms with E-state index >= 15 is 0 Å². The van der Waals surface area contributed by atoms with Gasteiger partial charge < -0.3 is 24.1 Å². The molecule has 5 rings (SSSR count). The van der Waals surface area contributed by atoms with Crippen molar-refractivity contribution in [1.29, 1.82) is 0 Å². The van der Waals surface area contributed by atoms with Gasteiger partial charge in [-0.15, -0.1) is 0 Å². The molecule has 0 radical (unpaired) electrons. The fourth-order valence-corrected chi connectivity index (χ4v) is 4.94. The summed E-state index contributed by atoms with van der Waals surface area (Å²) in [5, 5.41) is 3.16. The molecule has 0 aliphatic carbocycles. The minimum atomic E-state index is -0.681. The minimum Gasteiger partial charge on any atom is -0.468 e. The number of nitrogens with zero attached hydrogens (tertiary/aromatic N) is 2. The molecule has 2 aromatic carbocycles. The third kappa shape index (κ3) is 4.29. The first-order chi connectivity index (χ1) is 17.4. The quantitative estimate of drug-likeness (QED) is 0.398. The fourth-order valence-electron chi connectivity index (χ4n) is 4.12. The molecule has 2 aliphatic rings. The molecule has 3 amide bonds. The predicted octanol–water partition coefficient (Wildman–Crippen LogP) is 3.53. The van der Waals surface area contributed by atoms with Crippen LogP contribution >= 0.6 is 11.8 Å². The molecule has 0 atom stereocenters. The molecule has 10 nitrogen and oxygen atoms in total. The SMILES string of the molecule is COC(=O)CN1C(=O)S/C(=C\c2c(C)n(CC(=O)Nc3ccc4c(c3)OCO4)c3ccccc23)C1=O. The summed E-state index contributed by atoms with van der Waals surface area (Å²) in [5.74, 6) is -0.297. The van der Waals surface area contributed by atoms with Crippen LogP contribution in [-0.2, 0) is 25.7 Å². The maximum absolute atomic E-state index is 12.9. The minimum absolute atomic E-state index is 0.0262. The summed E-state index contributed by atoms with van der Waals surface area (Å²) < 4.78 is 17.1. The summed E-state index contributed by atoms with van der Waals surface area (Å²) in [6.45, 7) is 1.57. The van der Waals surface area contributed by atoms with Gasteiger partial charge in [-0.3, -0.25) is 24.1 Å². The van der Waals surface area contributed by atoms with Crippen LogP contribution in [-0.4, -0.2) is 52.9 Å². The summed E-state index contributed by atoms with van der Waals surface area (Å²) in [4.78, 5) is 50.7. The summed E-state index contributed by atoms with van der Waals surface area (Å²) in [6, 6.07) is 12.7. The molecular weight excluding hydrogens is 486 g/mol. The van der Waals surface area contributed by atoms with E-state index < -0.39 is 23.7 Å². The second-order valence-corrected chi connectivity index (χ2v) is 9.06. The zero-order chi connectivity index (χ0) is 25.4. The number of imide groups is 1. The third-order valence-electron chi connectivity index (χ3n) is 5.90. The molecular formula is C25H21N3O7S. The molecule has 0 bridgehead atoms. The molecule has 0 spiro atoms. The first-order valence-corrected chi connectivity index (χ1v) is 11.8. The molecule has 1 N–H and O–H groups in total. The normalized spacial score (nSPS) is 15.7. The number of amides is 3. The Morgan fingerprint density at radius 1 is 1.11 bits per heavy atom. The Morgan fingerprint density at radius 2 is 1.89 bits per heavy atom. The van der Waals surface area contributed by atoms with E-state index in [1.54, 1.807) is 24.3 Å². The average molecular weight is 508 g/mol. The number of carbonyl (C=O) groups excluding carboxylic acids is 4. The van der Waals surface area contributed by atoms with Crippen LogP contribution in [0.25, 0.3) is 17.0 Å². The molecule has 11 heteroatoms. The van der Waals surface area contributed by atoms with E-state index in [2.05, 4.69) is 10.1 Å². The van der Waals surface area contributed by atoms with Crippen molar-refractivity contribution < 1.29 is 33.4 Å². The Balaban J connectivity index is 1.42. The van der Waals surface area contributed by atoms with Crippen LogP contribution in [0, 0.1) is 6.92 Å². The van der Waals surface area contributed by atoms with E-state index in [0.29, 0.717) is 22.7 Å².